The van der Waals surface area contributed by atoms with Crippen LogP contribution in [0.2, 0.25) is 0 Å². The number of nitrogens with zero attached hydrogens (tertiary/aromatic N) is 1. The molecule has 1 unspecified atom stereocenters. The molecule has 18 heavy (non-hydrogen) atoms. The zero-order valence-corrected chi connectivity index (χ0v) is 10.6. The van der Waals surface area contributed by atoms with Crippen molar-refractivity contribution < 1.29 is 9.53 Å². The van der Waals surface area contributed by atoms with Crippen LogP contribution in [0, 0.1) is 12.3 Å². The van der Waals surface area contributed by atoms with Crippen LogP contribution >= 0.6 is 0 Å². The maximum absolute atomic E-state index is 11.0. The van der Waals surface area contributed by atoms with Crippen LogP contribution in [0.4, 0.5) is 5.69 Å². The molecule has 0 spiro atoms. The molecule has 0 saturated carbocycles. The molecule has 1 heterocycles. The number of anilines is 1. The molecule has 2 N–H and O–H groups in total. The number of hydrogen-bond acceptors (Lipinski definition) is 3. The highest BCUT2D eigenvalue weighted by Crippen LogP contribution is 2.19. The van der Waals surface area contributed by atoms with Crippen molar-refractivity contribution in [2.45, 2.75) is 6.92 Å². The van der Waals surface area contributed by atoms with Gasteiger partial charge in [-0.05, 0) is 17.7 Å². The van der Waals surface area contributed by atoms with Gasteiger partial charge in [0.05, 0.1) is 13.2 Å². The monoisotopic (exact) mass is 247 g/mol. The Labute approximate surface area is 108 Å². The first-order valence-corrected chi connectivity index (χ1v) is 6.24. The number of benzene rings is 1. The molecule has 1 aliphatic rings. The first-order valence-electron chi connectivity index (χ1n) is 6.24. The Hall–Kier alpha value is -1.55. The fraction of sp³-hybridized carbons (Fsp3) is 0.429. The van der Waals surface area contributed by atoms with Gasteiger partial charge in [-0.2, -0.15) is 0 Å². The summed E-state index contributed by atoms with van der Waals surface area (Å²) in [5.74, 6) is -0.536. The Bertz CT molecular complexity index is 397. The highest BCUT2D eigenvalue weighted by molar-refractivity contribution is 5.78. The van der Waals surface area contributed by atoms with E-state index in [9.17, 15) is 4.79 Å². The largest absolute Gasteiger partial charge is 0.378 e. The minimum Gasteiger partial charge on any atom is -0.378 e. The van der Waals surface area contributed by atoms with Gasteiger partial charge in [0.1, 0.15) is 0 Å². The highest BCUT2D eigenvalue weighted by Gasteiger charge is 2.12. The number of carbonyl (C=O) groups is 1. The van der Waals surface area contributed by atoms with Crippen LogP contribution in [0.5, 0.6) is 0 Å². The van der Waals surface area contributed by atoms with Gasteiger partial charge in [0.15, 0.2) is 0 Å². The maximum Gasteiger partial charge on any atom is 0.220 e. The lowest BCUT2D eigenvalue weighted by Gasteiger charge is -2.29. The number of hydrogen-bond donors (Lipinski definition) is 1. The molecule has 2 rings (SSSR count). The number of morpholine rings is 1. The zero-order chi connectivity index (χ0) is 13.0. The third-order valence-electron chi connectivity index (χ3n) is 3.16. The highest BCUT2D eigenvalue weighted by atomic mass is 16.5. The van der Waals surface area contributed by atoms with Crippen molar-refractivity contribution in [2.75, 3.05) is 31.2 Å². The molecular formula is C14H19N2O2. The molecule has 1 aromatic carbocycles. The van der Waals surface area contributed by atoms with Gasteiger partial charge in [-0.3, -0.25) is 4.79 Å². The summed E-state index contributed by atoms with van der Waals surface area (Å²) in [7, 11) is 0. The average Bonchev–Trinajstić information content (AvgIpc) is 2.40. The summed E-state index contributed by atoms with van der Waals surface area (Å²) in [6.07, 6.45) is 1.88. The Morgan fingerprint density at radius 2 is 1.94 bits per heavy atom. The minimum absolute atomic E-state index is 0.237. The summed E-state index contributed by atoms with van der Waals surface area (Å²) in [5, 5.41) is 0. The fourth-order valence-electron chi connectivity index (χ4n) is 1.99. The van der Waals surface area contributed by atoms with Crippen molar-refractivity contribution in [3.63, 3.8) is 0 Å². The van der Waals surface area contributed by atoms with Crippen molar-refractivity contribution in [3.05, 3.63) is 36.2 Å². The lowest BCUT2D eigenvalue weighted by atomic mass is 10.0. The van der Waals surface area contributed by atoms with Gasteiger partial charge < -0.3 is 15.4 Å². The van der Waals surface area contributed by atoms with Crippen molar-refractivity contribution in [3.8, 4) is 0 Å². The van der Waals surface area contributed by atoms with Gasteiger partial charge in [0, 0.05) is 31.1 Å². The standard InChI is InChI=1S/C14H19N2O2/c1-11(14(15)17)10-12-2-4-13(5-3-12)16-6-8-18-9-7-16/h2-5,10-11H,6-9H2,1H3,(H2,15,17). The van der Waals surface area contributed by atoms with Crippen molar-refractivity contribution in [1.29, 1.82) is 0 Å². The normalized spacial score (nSPS) is 17.5. The van der Waals surface area contributed by atoms with Crippen molar-refractivity contribution in [1.82, 2.24) is 0 Å². The molecule has 0 bridgehead atoms. The van der Waals surface area contributed by atoms with E-state index in [-0.39, 0.29) is 11.8 Å². The molecule has 1 aromatic rings. The summed E-state index contributed by atoms with van der Waals surface area (Å²) in [5.41, 5.74) is 7.46. The average molecular weight is 247 g/mol. The lowest BCUT2D eigenvalue weighted by molar-refractivity contribution is -0.120. The fourth-order valence-corrected chi connectivity index (χ4v) is 1.99. The van der Waals surface area contributed by atoms with Crippen LogP contribution in [0.1, 0.15) is 12.5 Å². The van der Waals surface area contributed by atoms with E-state index >= 15 is 0 Å². The molecule has 1 amide bonds. The van der Waals surface area contributed by atoms with E-state index < -0.39 is 0 Å². The maximum atomic E-state index is 11.0. The molecule has 4 heteroatoms. The topological polar surface area (TPSA) is 55.6 Å². The third-order valence-corrected chi connectivity index (χ3v) is 3.16. The molecule has 0 aromatic heterocycles. The molecule has 4 nitrogen and oxygen atoms in total. The SMILES string of the molecule is CC([CH]c1ccc(N2CCOCC2)cc1)C(N)=O. The van der Waals surface area contributed by atoms with E-state index in [0.29, 0.717) is 0 Å². The number of amides is 1. The number of carbonyl (C=O) groups excluding carboxylic acids is 1. The van der Waals surface area contributed by atoms with Gasteiger partial charge >= 0.3 is 0 Å². The molecule has 1 saturated heterocycles. The van der Waals surface area contributed by atoms with Gasteiger partial charge in [-0.25, -0.2) is 0 Å². The molecule has 1 radical (unpaired) electrons. The third kappa shape index (κ3) is 3.23. The van der Waals surface area contributed by atoms with Gasteiger partial charge in [-0.15, -0.1) is 0 Å². The van der Waals surface area contributed by atoms with Crippen molar-refractivity contribution in [2.24, 2.45) is 11.7 Å². The van der Waals surface area contributed by atoms with Crippen LogP contribution in [0.15, 0.2) is 24.3 Å². The number of rotatable bonds is 4. The van der Waals surface area contributed by atoms with Crippen LogP contribution in [-0.4, -0.2) is 32.2 Å². The molecular weight excluding hydrogens is 228 g/mol. The van der Waals surface area contributed by atoms with Gasteiger partial charge in [0.25, 0.3) is 0 Å². The Morgan fingerprint density at radius 1 is 1.33 bits per heavy atom. The summed E-state index contributed by atoms with van der Waals surface area (Å²) < 4.78 is 5.32. The lowest BCUT2D eigenvalue weighted by Crippen LogP contribution is -2.36. The summed E-state index contributed by atoms with van der Waals surface area (Å²) in [4.78, 5) is 13.3. The second-order valence-corrected chi connectivity index (χ2v) is 4.55. The summed E-state index contributed by atoms with van der Waals surface area (Å²) in [6, 6.07) is 8.18. The van der Waals surface area contributed by atoms with Crippen LogP contribution in [0.25, 0.3) is 0 Å². The van der Waals surface area contributed by atoms with E-state index in [0.717, 1.165) is 31.9 Å². The predicted molar refractivity (Wildman–Crippen MR) is 71.2 cm³/mol. The first-order chi connectivity index (χ1) is 8.66. The smallest absolute Gasteiger partial charge is 0.220 e. The van der Waals surface area contributed by atoms with Crippen LogP contribution in [0.3, 0.4) is 0 Å². The van der Waals surface area contributed by atoms with E-state index in [1.165, 1.54) is 5.69 Å². The van der Waals surface area contributed by atoms with Gasteiger partial charge in [-0.1, -0.05) is 19.1 Å². The number of nitrogens with two attached hydrogens (primary N) is 1. The number of ether oxygens (including phenoxy) is 1. The molecule has 97 valence electrons. The van der Waals surface area contributed by atoms with Gasteiger partial charge in [0.2, 0.25) is 5.91 Å². The van der Waals surface area contributed by atoms with Crippen LogP contribution in [-0.2, 0) is 9.53 Å². The summed E-state index contributed by atoms with van der Waals surface area (Å²) in [6.45, 7) is 5.24. The number of primary amides is 1. The second kappa shape index (κ2) is 5.87. The Kier molecular flexibility index (Phi) is 4.20. The Morgan fingerprint density at radius 3 is 2.50 bits per heavy atom. The molecule has 1 fully saturated rings. The second-order valence-electron chi connectivity index (χ2n) is 4.55. The van der Waals surface area contributed by atoms with E-state index in [1.54, 1.807) is 6.92 Å². The first kappa shape index (κ1) is 12.9. The van der Waals surface area contributed by atoms with E-state index in [4.69, 9.17) is 10.5 Å². The Balaban J connectivity index is 1.98. The molecule has 1 aliphatic heterocycles. The molecule has 0 aliphatic carbocycles. The van der Waals surface area contributed by atoms with Crippen molar-refractivity contribution >= 4 is 11.6 Å². The van der Waals surface area contributed by atoms with Crippen LogP contribution < -0.4 is 10.6 Å². The summed E-state index contributed by atoms with van der Waals surface area (Å²) >= 11 is 0. The van der Waals surface area contributed by atoms with E-state index in [1.807, 2.05) is 18.6 Å². The predicted octanol–water partition coefficient (Wildman–Crippen LogP) is 1.20. The van der Waals surface area contributed by atoms with E-state index in [2.05, 4.69) is 17.0 Å². The molecule has 1 atom stereocenters. The minimum atomic E-state index is -0.299. The zero-order valence-electron chi connectivity index (χ0n) is 10.6. The quantitative estimate of drug-likeness (QED) is 0.869.